The summed E-state index contributed by atoms with van der Waals surface area (Å²) in [4.78, 5) is 12.5. The van der Waals surface area contributed by atoms with Crippen molar-refractivity contribution in [3.8, 4) is 5.75 Å². The Bertz CT molecular complexity index is 1010. The van der Waals surface area contributed by atoms with E-state index in [-0.39, 0.29) is 41.6 Å². The molecular formula is C21H24BrFN2O4S. The van der Waals surface area contributed by atoms with Gasteiger partial charge < -0.3 is 10.1 Å². The number of nitrogens with zero attached hydrogens (tertiary/aromatic N) is 1. The fourth-order valence-corrected chi connectivity index (χ4v) is 5.42. The van der Waals surface area contributed by atoms with Crippen molar-refractivity contribution < 1.29 is 22.3 Å². The lowest BCUT2D eigenvalue weighted by molar-refractivity contribution is -0.126. The van der Waals surface area contributed by atoms with E-state index in [2.05, 4.69) is 21.2 Å². The Labute approximate surface area is 184 Å². The molecule has 2 aromatic rings. The largest absolute Gasteiger partial charge is 0.495 e. The number of hydrogen-bond acceptors (Lipinski definition) is 4. The SMILES string of the molecule is COc1ccc(F)cc1S(=O)(=O)N1CCC(C(=O)N[C@H](C)c2ccc(Br)cc2)CC1. The van der Waals surface area contributed by atoms with E-state index in [0.717, 1.165) is 22.2 Å². The van der Waals surface area contributed by atoms with Gasteiger partial charge in [-0.3, -0.25) is 4.79 Å². The van der Waals surface area contributed by atoms with Crippen molar-refractivity contribution in [1.82, 2.24) is 9.62 Å². The summed E-state index contributed by atoms with van der Waals surface area (Å²) in [6.07, 6.45) is 0.797. The Morgan fingerprint density at radius 2 is 1.83 bits per heavy atom. The quantitative estimate of drug-likeness (QED) is 0.655. The summed E-state index contributed by atoms with van der Waals surface area (Å²) in [5, 5.41) is 3.00. The van der Waals surface area contributed by atoms with Gasteiger partial charge in [-0.2, -0.15) is 4.31 Å². The van der Waals surface area contributed by atoms with Gasteiger partial charge in [-0.05, 0) is 55.7 Å². The third-order valence-corrected chi connectivity index (χ3v) is 7.75. The normalized spacial score (nSPS) is 16.8. The molecular weight excluding hydrogens is 475 g/mol. The van der Waals surface area contributed by atoms with Crippen LogP contribution in [0.5, 0.6) is 5.75 Å². The Morgan fingerprint density at radius 3 is 2.43 bits per heavy atom. The molecule has 6 nitrogen and oxygen atoms in total. The average Bonchev–Trinajstić information content (AvgIpc) is 2.74. The smallest absolute Gasteiger partial charge is 0.246 e. The second-order valence-corrected chi connectivity index (χ2v) is 10.1. The van der Waals surface area contributed by atoms with Crippen molar-refractivity contribution in [2.45, 2.75) is 30.7 Å². The van der Waals surface area contributed by atoms with Gasteiger partial charge in [0.15, 0.2) is 0 Å². The first-order chi connectivity index (χ1) is 14.2. The van der Waals surface area contributed by atoms with Crippen LogP contribution in [0.15, 0.2) is 51.8 Å². The standard InChI is InChI=1S/C21H24BrFN2O4S/c1-14(15-3-5-17(22)6-4-15)24-21(26)16-9-11-25(12-10-16)30(27,28)20-13-18(23)7-8-19(20)29-2/h3-8,13-14,16H,9-12H2,1-2H3,(H,24,26)/t14-/m1/s1. The monoisotopic (exact) mass is 498 g/mol. The molecule has 0 spiro atoms. The molecule has 0 aromatic heterocycles. The maximum atomic E-state index is 13.6. The lowest BCUT2D eigenvalue weighted by Crippen LogP contribution is -2.43. The van der Waals surface area contributed by atoms with Crippen LogP contribution in [-0.2, 0) is 14.8 Å². The van der Waals surface area contributed by atoms with Crippen molar-refractivity contribution in [2.75, 3.05) is 20.2 Å². The Kier molecular flexibility index (Phi) is 7.15. The number of halogens is 2. The number of nitrogens with one attached hydrogen (secondary N) is 1. The first-order valence-corrected chi connectivity index (χ1v) is 11.8. The third-order valence-electron chi connectivity index (χ3n) is 5.30. The highest BCUT2D eigenvalue weighted by Gasteiger charge is 2.34. The van der Waals surface area contributed by atoms with Crippen LogP contribution in [0.25, 0.3) is 0 Å². The molecule has 0 radical (unpaired) electrons. The van der Waals surface area contributed by atoms with Gasteiger partial charge in [-0.15, -0.1) is 0 Å². The van der Waals surface area contributed by atoms with E-state index >= 15 is 0 Å². The molecule has 9 heteroatoms. The van der Waals surface area contributed by atoms with Crippen LogP contribution in [-0.4, -0.2) is 38.8 Å². The topological polar surface area (TPSA) is 75.7 Å². The zero-order valence-corrected chi connectivity index (χ0v) is 19.2. The fraction of sp³-hybridized carbons (Fsp3) is 0.381. The summed E-state index contributed by atoms with van der Waals surface area (Å²) >= 11 is 3.39. The predicted octanol–water partition coefficient (Wildman–Crippen LogP) is 3.87. The van der Waals surface area contributed by atoms with E-state index in [1.165, 1.54) is 17.5 Å². The molecule has 1 aliphatic rings. The van der Waals surface area contributed by atoms with Crippen LogP contribution in [0, 0.1) is 11.7 Å². The Morgan fingerprint density at radius 1 is 1.20 bits per heavy atom. The summed E-state index contributed by atoms with van der Waals surface area (Å²) in [6.45, 7) is 2.29. The van der Waals surface area contributed by atoms with Gasteiger partial charge in [0.05, 0.1) is 13.2 Å². The van der Waals surface area contributed by atoms with Gasteiger partial charge in [0.25, 0.3) is 0 Å². The first kappa shape index (κ1) is 22.7. The van der Waals surface area contributed by atoms with Crippen molar-refractivity contribution in [3.63, 3.8) is 0 Å². The summed E-state index contributed by atoms with van der Waals surface area (Å²) in [5.74, 6) is -0.917. The number of sulfonamides is 1. The molecule has 0 saturated carbocycles. The number of ether oxygens (including phenoxy) is 1. The number of hydrogen-bond donors (Lipinski definition) is 1. The van der Waals surface area contributed by atoms with E-state index in [1.54, 1.807) is 0 Å². The predicted molar refractivity (Wildman–Crippen MR) is 115 cm³/mol. The zero-order valence-electron chi connectivity index (χ0n) is 16.8. The van der Waals surface area contributed by atoms with Crippen LogP contribution >= 0.6 is 15.9 Å². The highest BCUT2D eigenvalue weighted by atomic mass is 79.9. The van der Waals surface area contributed by atoms with Gasteiger partial charge in [0.2, 0.25) is 15.9 Å². The van der Waals surface area contributed by atoms with Crippen LogP contribution in [0.1, 0.15) is 31.4 Å². The molecule has 30 heavy (non-hydrogen) atoms. The minimum Gasteiger partial charge on any atom is -0.495 e. The molecule has 1 atom stereocenters. The third kappa shape index (κ3) is 5.01. The van der Waals surface area contributed by atoms with E-state index in [1.807, 2.05) is 31.2 Å². The highest BCUT2D eigenvalue weighted by molar-refractivity contribution is 9.10. The second-order valence-electron chi connectivity index (χ2n) is 7.26. The van der Waals surface area contributed by atoms with Crippen molar-refractivity contribution in [3.05, 3.63) is 58.3 Å². The lowest BCUT2D eigenvalue weighted by Gasteiger charge is -2.31. The Balaban J connectivity index is 1.63. The van der Waals surface area contributed by atoms with Crippen molar-refractivity contribution in [1.29, 1.82) is 0 Å². The molecule has 0 bridgehead atoms. The van der Waals surface area contributed by atoms with Crippen LogP contribution in [0.3, 0.4) is 0 Å². The molecule has 1 fully saturated rings. The molecule has 0 aliphatic carbocycles. The molecule has 2 aromatic carbocycles. The number of carbonyl (C=O) groups excluding carboxylic acids is 1. The summed E-state index contributed by atoms with van der Waals surface area (Å²) < 4.78 is 46.9. The molecule has 1 N–H and O–H groups in total. The zero-order chi connectivity index (χ0) is 21.9. The molecule has 1 heterocycles. The number of methoxy groups -OCH3 is 1. The lowest BCUT2D eigenvalue weighted by atomic mass is 9.96. The van der Waals surface area contributed by atoms with Gasteiger partial charge in [-0.25, -0.2) is 12.8 Å². The average molecular weight is 499 g/mol. The molecule has 3 rings (SSSR count). The fourth-order valence-electron chi connectivity index (χ4n) is 3.52. The van der Waals surface area contributed by atoms with Gasteiger partial charge >= 0.3 is 0 Å². The first-order valence-electron chi connectivity index (χ1n) is 9.62. The highest BCUT2D eigenvalue weighted by Crippen LogP contribution is 2.30. The van der Waals surface area contributed by atoms with Crippen LogP contribution in [0.4, 0.5) is 4.39 Å². The molecule has 1 aliphatic heterocycles. The van der Waals surface area contributed by atoms with Gasteiger partial charge in [0.1, 0.15) is 16.5 Å². The van der Waals surface area contributed by atoms with Crippen molar-refractivity contribution in [2.24, 2.45) is 5.92 Å². The van der Waals surface area contributed by atoms with Gasteiger partial charge in [-0.1, -0.05) is 28.1 Å². The number of piperidine rings is 1. The van der Waals surface area contributed by atoms with Crippen LogP contribution < -0.4 is 10.1 Å². The maximum Gasteiger partial charge on any atom is 0.246 e. The number of rotatable bonds is 6. The number of carbonyl (C=O) groups is 1. The van der Waals surface area contributed by atoms with Gasteiger partial charge in [0, 0.05) is 23.5 Å². The summed E-state index contributed by atoms with van der Waals surface area (Å²) in [7, 11) is -2.57. The molecule has 1 amide bonds. The van der Waals surface area contributed by atoms with Crippen molar-refractivity contribution >= 4 is 31.9 Å². The second kappa shape index (κ2) is 9.45. The maximum absolute atomic E-state index is 13.6. The Hall–Kier alpha value is -1.97. The minimum atomic E-state index is -3.91. The molecule has 162 valence electrons. The number of benzene rings is 2. The van der Waals surface area contributed by atoms with E-state index in [0.29, 0.717) is 12.8 Å². The van der Waals surface area contributed by atoms with Crippen LogP contribution in [0.2, 0.25) is 0 Å². The summed E-state index contributed by atoms with van der Waals surface area (Å²) in [6, 6.07) is 11.0. The number of amides is 1. The van der Waals surface area contributed by atoms with E-state index in [4.69, 9.17) is 4.74 Å². The summed E-state index contributed by atoms with van der Waals surface area (Å²) in [5.41, 5.74) is 0.991. The van der Waals surface area contributed by atoms with E-state index in [9.17, 15) is 17.6 Å². The minimum absolute atomic E-state index is 0.0918. The molecule has 1 saturated heterocycles. The molecule has 0 unspecified atom stereocenters. The van der Waals surface area contributed by atoms with E-state index < -0.39 is 15.8 Å².